The highest BCUT2D eigenvalue weighted by atomic mass is 19.4. The van der Waals surface area contributed by atoms with Gasteiger partial charge in [0.1, 0.15) is 5.82 Å². The molecule has 6 heteroatoms. The Labute approximate surface area is 140 Å². The number of hydrogen-bond acceptors (Lipinski definition) is 3. The van der Waals surface area contributed by atoms with Gasteiger partial charge in [0.2, 0.25) is 0 Å². The summed E-state index contributed by atoms with van der Waals surface area (Å²) in [6, 6.07) is 10.5. The maximum atomic E-state index is 12.5. The number of hydrogen-bond donors (Lipinski definition) is 0. The maximum Gasteiger partial charge on any atom is 0.419 e. The van der Waals surface area contributed by atoms with Gasteiger partial charge in [0.25, 0.3) is 0 Å². The molecule has 0 aliphatic rings. The molecule has 0 saturated heterocycles. The van der Waals surface area contributed by atoms with Crippen LogP contribution in [-0.2, 0) is 19.1 Å². The number of nitrogens with zero attached hydrogens (tertiary/aromatic N) is 3. The lowest BCUT2D eigenvalue weighted by Gasteiger charge is -2.27. The first-order valence-corrected chi connectivity index (χ1v) is 8.02. The van der Waals surface area contributed by atoms with E-state index < -0.39 is 11.7 Å². The van der Waals surface area contributed by atoms with Crippen molar-refractivity contribution in [1.29, 1.82) is 0 Å². The summed E-state index contributed by atoms with van der Waals surface area (Å²) in [5.74, 6) is 0.453. The summed E-state index contributed by atoms with van der Waals surface area (Å²) >= 11 is 0. The van der Waals surface area contributed by atoms with Crippen molar-refractivity contribution in [1.82, 2.24) is 14.9 Å². The smallest absolute Gasteiger partial charge is 0.299 e. The van der Waals surface area contributed by atoms with E-state index in [-0.39, 0.29) is 0 Å². The number of alkyl halides is 3. The van der Waals surface area contributed by atoms with Crippen LogP contribution in [0.3, 0.4) is 0 Å². The van der Waals surface area contributed by atoms with E-state index in [9.17, 15) is 13.2 Å². The molecule has 3 nitrogen and oxygen atoms in total. The quantitative estimate of drug-likeness (QED) is 0.753. The molecule has 130 valence electrons. The molecular formula is C18H22F3N3. The summed E-state index contributed by atoms with van der Waals surface area (Å²) in [7, 11) is 2.06. The molecule has 0 bridgehead atoms. The van der Waals surface area contributed by atoms with Crippen LogP contribution in [0.1, 0.15) is 36.7 Å². The first-order valence-electron chi connectivity index (χ1n) is 8.02. The van der Waals surface area contributed by atoms with Crippen LogP contribution >= 0.6 is 0 Å². The lowest BCUT2D eigenvalue weighted by molar-refractivity contribution is -0.138. The molecule has 2 aromatic rings. The van der Waals surface area contributed by atoms with Crippen molar-refractivity contribution in [3.8, 4) is 0 Å². The zero-order chi connectivity index (χ0) is 17.6. The minimum atomic E-state index is -4.39. The average Bonchev–Trinajstić information content (AvgIpc) is 2.56. The molecule has 1 heterocycles. The summed E-state index contributed by atoms with van der Waals surface area (Å²) in [6.07, 6.45) is -0.334. The van der Waals surface area contributed by atoms with Crippen molar-refractivity contribution in [2.24, 2.45) is 0 Å². The molecule has 0 radical (unpaired) electrons. The molecule has 0 unspecified atom stereocenters. The van der Waals surface area contributed by atoms with Crippen molar-refractivity contribution in [2.45, 2.75) is 44.9 Å². The molecule has 0 aliphatic heterocycles. The van der Waals surface area contributed by atoms with E-state index in [2.05, 4.69) is 41.0 Å². The van der Waals surface area contributed by atoms with E-state index >= 15 is 0 Å². The summed E-state index contributed by atoms with van der Waals surface area (Å²) in [4.78, 5) is 9.95. The summed E-state index contributed by atoms with van der Waals surface area (Å²) in [5, 5.41) is 0. The van der Waals surface area contributed by atoms with Gasteiger partial charge >= 0.3 is 6.18 Å². The van der Waals surface area contributed by atoms with Crippen LogP contribution in [0.4, 0.5) is 13.2 Å². The lowest BCUT2D eigenvalue weighted by atomic mass is 10.1. The van der Waals surface area contributed by atoms with Gasteiger partial charge in [-0.15, -0.1) is 0 Å². The van der Waals surface area contributed by atoms with E-state index in [1.807, 2.05) is 18.2 Å². The summed E-state index contributed by atoms with van der Waals surface area (Å²) in [6.45, 7) is 2.95. The van der Waals surface area contributed by atoms with Crippen LogP contribution < -0.4 is 0 Å². The second kappa shape index (κ2) is 8.24. The average molecular weight is 337 g/mol. The normalized spacial score (nSPS) is 13.2. The largest absolute Gasteiger partial charge is 0.419 e. The fourth-order valence-electron chi connectivity index (χ4n) is 2.66. The van der Waals surface area contributed by atoms with Gasteiger partial charge in [0.05, 0.1) is 5.56 Å². The highest BCUT2D eigenvalue weighted by molar-refractivity contribution is 5.14. The van der Waals surface area contributed by atoms with Crippen LogP contribution in [0.25, 0.3) is 0 Å². The third-order valence-electron chi connectivity index (χ3n) is 4.10. The molecule has 1 aromatic heterocycles. The molecule has 1 aromatic carbocycles. The second-order valence-corrected chi connectivity index (χ2v) is 5.89. The summed E-state index contributed by atoms with van der Waals surface area (Å²) < 4.78 is 37.5. The molecular weight excluding hydrogens is 315 g/mol. The molecule has 2 rings (SSSR count). The van der Waals surface area contributed by atoms with Crippen molar-refractivity contribution < 1.29 is 13.2 Å². The molecule has 1 atom stereocenters. The Balaban J connectivity index is 1.91. The molecule has 0 saturated carbocycles. The topological polar surface area (TPSA) is 29.0 Å². The Morgan fingerprint density at radius 2 is 1.71 bits per heavy atom. The number of aryl methyl sites for hydroxylation is 1. The Bertz CT molecular complexity index is 612. The zero-order valence-corrected chi connectivity index (χ0v) is 13.9. The number of benzene rings is 1. The number of rotatable bonds is 7. The predicted octanol–water partition coefficient (Wildman–Crippen LogP) is 4.34. The lowest BCUT2D eigenvalue weighted by Crippen LogP contribution is -2.31. The molecule has 0 N–H and O–H groups in total. The van der Waals surface area contributed by atoms with E-state index in [1.54, 1.807) is 0 Å². The van der Waals surface area contributed by atoms with Crippen LogP contribution in [0.2, 0.25) is 0 Å². The Morgan fingerprint density at radius 3 is 2.25 bits per heavy atom. The van der Waals surface area contributed by atoms with Crippen molar-refractivity contribution in [3.63, 3.8) is 0 Å². The van der Waals surface area contributed by atoms with Gasteiger partial charge in [-0.3, -0.25) is 4.90 Å². The standard InChI is InChI=1S/C18H22F3N3/c1-3-16(24(2)13-14-7-5-4-6-8-14)9-10-17-22-11-15(12-23-17)18(19,20)21/h4-8,11-12,16H,3,9-10,13H2,1-2H3/t16-/m0/s1. The van der Waals surface area contributed by atoms with Crippen LogP contribution in [0.5, 0.6) is 0 Å². The first-order chi connectivity index (χ1) is 11.4. The van der Waals surface area contributed by atoms with E-state index in [1.165, 1.54) is 5.56 Å². The van der Waals surface area contributed by atoms with Crippen molar-refractivity contribution in [2.75, 3.05) is 7.05 Å². The van der Waals surface area contributed by atoms with Crippen LogP contribution in [-0.4, -0.2) is 28.0 Å². The predicted molar refractivity (Wildman–Crippen MR) is 87.3 cm³/mol. The third-order valence-corrected chi connectivity index (χ3v) is 4.10. The fourth-order valence-corrected chi connectivity index (χ4v) is 2.66. The van der Waals surface area contributed by atoms with Gasteiger partial charge < -0.3 is 0 Å². The maximum absolute atomic E-state index is 12.5. The van der Waals surface area contributed by atoms with E-state index in [0.29, 0.717) is 18.3 Å². The van der Waals surface area contributed by atoms with Gasteiger partial charge in [0, 0.05) is 31.4 Å². The highest BCUT2D eigenvalue weighted by Gasteiger charge is 2.31. The number of halogens is 3. The van der Waals surface area contributed by atoms with Crippen LogP contribution in [0, 0.1) is 0 Å². The first kappa shape index (κ1) is 18.4. The van der Waals surface area contributed by atoms with E-state index in [4.69, 9.17) is 0 Å². The van der Waals surface area contributed by atoms with Gasteiger partial charge in [-0.2, -0.15) is 13.2 Å². The minimum Gasteiger partial charge on any atom is -0.299 e. The molecule has 0 amide bonds. The van der Waals surface area contributed by atoms with Crippen LogP contribution in [0.15, 0.2) is 42.7 Å². The summed E-state index contributed by atoms with van der Waals surface area (Å²) in [5.41, 5.74) is 0.434. The fraction of sp³-hybridized carbons (Fsp3) is 0.444. The van der Waals surface area contributed by atoms with Gasteiger partial charge in [0.15, 0.2) is 0 Å². The molecule has 0 fully saturated rings. The number of aromatic nitrogens is 2. The minimum absolute atomic E-state index is 0.330. The van der Waals surface area contributed by atoms with Gasteiger partial charge in [-0.05, 0) is 25.5 Å². The van der Waals surface area contributed by atoms with E-state index in [0.717, 1.165) is 31.8 Å². The monoisotopic (exact) mass is 337 g/mol. The molecule has 0 spiro atoms. The second-order valence-electron chi connectivity index (χ2n) is 5.89. The van der Waals surface area contributed by atoms with Gasteiger partial charge in [-0.1, -0.05) is 37.3 Å². The zero-order valence-electron chi connectivity index (χ0n) is 13.9. The molecule has 0 aliphatic carbocycles. The SMILES string of the molecule is CC[C@@H](CCc1ncc(C(F)(F)F)cn1)N(C)Cc1ccccc1. The Kier molecular flexibility index (Phi) is 6.31. The van der Waals surface area contributed by atoms with Gasteiger partial charge in [-0.25, -0.2) is 9.97 Å². The molecule has 24 heavy (non-hydrogen) atoms. The highest BCUT2D eigenvalue weighted by Crippen LogP contribution is 2.27. The third kappa shape index (κ3) is 5.30. The van der Waals surface area contributed by atoms with Crippen molar-refractivity contribution >= 4 is 0 Å². The van der Waals surface area contributed by atoms with Crippen molar-refractivity contribution in [3.05, 3.63) is 59.7 Å². The Morgan fingerprint density at radius 1 is 1.08 bits per heavy atom. The Hall–Kier alpha value is -1.95.